The van der Waals surface area contributed by atoms with Gasteiger partial charge in [0.1, 0.15) is 11.5 Å². The fraction of sp³-hybridized carbons (Fsp3) is 0.500. The zero-order valence-corrected chi connectivity index (χ0v) is 10.9. The summed E-state index contributed by atoms with van der Waals surface area (Å²) in [5.41, 5.74) is 0.979. The van der Waals surface area contributed by atoms with Gasteiger partial charge in [0, 0.05) is 18.0 Å². The Bertz CT molecular complexity index is 376. The van der Waals surface area contributed by atoms with Crippen LogP contribution in [0.2, 0.25) is 0 Å². The van der Waals surface area contributed by atoms with Crippen LogP contribution >= 0.6 is 15.9 Å². The number of nitrogens with one attached hydrogen (secondary N) is 1. The maximum Gasteiger partial charge on any atom is 0.133 e. The Morgan fingerprint density at radius 3 is 2.94 bits per heavy atom. The highest BCUT2D eigenvalue weighted by molar-refractivity contribution is 9.10. The molecule has 1 aliphatic heterocycles. The van der Waals surface area contributed by atoms with Gasteiger partial charge in [0.2, 0.25) is 0 Å². The first-order valence-corrected chi connectivity index (χ1v) is 6.28. The van der Waals surface area contributed by atoms with Crippen molar-refractivity contribution in [2.75, 3.05) is 20.2 Å². The zero-order valence-electron chi connectivity index (χ0n) is 9.29. The van der Waals surface area contributed by atoms with Crippen molar-refractivity contribution in [2.24, 2.45) is 0 Å². The van der Waals surface area contributed by atoms with E-state index in [2.05, 4.69) is 21.2 Å². The molecule has 1 saturated heterocycles. The number of hydrogen-bond donors (Lipinski definition) is 2. The summed E-state index contributed by atoms with van der Waals surface area (Å²) in [7, 11) is 1.64. The number of phenolic OH excluding ortho intramolecular Hbond substituents is 1. The topological polar surface area (TPSA) is 41.5 Å². The number of rotatable bonds is 2. The fourth-order valence-corrected chi connectivity index (χ4v) is 2.65. The smallest absolute Gasteiger partial charge is 0.133 e. The Balaban J connectivity index is 2.31. The van der Waals surface area contributed by atoms with Crippen LogP contribution in [0.15, 0.2) is 16.6 Å². The van der Waals surface area contributed by atoms with Gasteiger partial charge in [-0.15, -0.1) is 0 Å². The van der Waals surface area contributed by atoms with Gasteiger partial charge in [0.05, 0.1) is 11.6 Å². The molecule has 1 heterocycles. The zero-order chi connectivity index (χ0) is 11.5. The first kappa shape index (κ1) is 11.7. The molecule has 0 amide bonds. The molecule has 1 aromatic rings. The van der Waals surface area contributed by atoms with Crippen molar-refractivity contribution in [1.29, 1.82) is 0 Å². The Labute approximate surface area is 104 Å². The largest absolute Gasteiger partial charge is 0.508 e. The van der Waals surface area contributed by atoms with Crippen LogP contribution < -0.4 is 10.1 Å². The van der Waals surface area contributed by atoms with E-state index < -0.39 is 0 Å². The van der Waals surface area contributed by atoms with Crippen molar-refractivity contribution in [1.82, 2.24) is 5.32 Å². The standard InChI is InChI=1S/C12H16BrNO2/c1-16-12-5-9(11(15)6-10(12)13)8-3-2-4-14-7-8/h5-6,8,14-15H,2-4,7H2,1H3. The molecule has 2 N–H and O–H groups in total. The minimum atomic E-state index is 0.348. The molecule has 1 aromatic carbocycles. The number of piperidine rings is 1. The average Bonchev–Trinajstić information content (AvgIpc) is 2.30. The molecule has 2 rings (SSSR count). The van der Waals surface area contributed by atoms with Gasteiger partial charge in [-0.3, -0.25) is 0 Å². The molecule has 16 heavy (non-hydrogen) atoms. The van der Waals surface area contributed by atoms with Gasteiger partial charge in [0.15, 0.2) is 0 Å². The lowest BCUT2D eigenvalue weighted by Gasteiger charge is -2.24. The van der Waals surface area contributed by atoms with Crippen LogP contribution in [0.5, 0.6) is 11.5 Å². The van der Waals surface area contributed by atoms with Crippen LogP contribution in [0, 0.1) is 0 Å². The van der Waals surface area contributed by atoms with E-state index in [4.69, 9.17) is 4.74 Å². The predicted octanol–water partition coefficient (Wildman–Crippen LogP) is 2.63. The van der Waals surface area contributed by atoms with Crippen molar-refractivity contribution in [3.8, 4) is 11.5 Å². The first-order valence-electron chi connectivity index (χ1n) is 5.49. The Morgan fingerprint density at radius 2 is 2.31 bits per heavy atom. The van der Waals surface area contributed by atoms with Crippen molar-refractivity contribution in [3.63, 3.8) is 0 Å². The normalized spacial score (nSPS) is 20.8. The summed E-state index contributed by atoms with van der Waals surface area (Å²) < 4.78 is 6.04. The van der Waals surface area contributed by atoms with Gasteiger partial charge in [-0.1, -0.05) is 0 Å². The molecule has 3 nitrogen and oxygen atoms in total. The van der Waals surface area contributed by atoms with Gasteiger partial charge in [-0.05, 0) is 47.4 Å². The summed E-state index contributed by atoms with van der Waals surface area (Å²) in [6.07, 6.45) is 2.27. The van der Waals surface area contributed by atoms with E-state index in [-0.39, 0.29) is 0 Å². The average molecular weight is 286 g/mol. The highest BCUT2D eigenvalue weighted by Gasteiger charge is 2.20. The lowest BCUT2D eigenvalue weighted by Crippen LogP contribution is -2.28. The van der Waals surface area contributed by atoms with E-state index in [1.807, 2.05) is 6.07 Å². The minimum absolute atomic E-state index is 0.348. The summed E-state index contributed by atoms with van der Waals surface area (Å²) in [4.78, 5) is 0. The Kier molecular flexibility index (Phi) is 3.71. The summed E-state index contributed by atoms with van der Waals surface area (Å²) >= 11 is 3.36. The Hall–Kier alpha value is -0.740. The molecule has 1 atom stereocenters. The van der Waals surface area contributed by atoms with E-state index in [1.54, 1.807) is 13.2 Å². The Morgan fingerprint density at radius 1 is 1.50 bits per heavy atom. The first-order chi connectivity index (χ1) is 7.72. The van der Waals surface area contributed by atoms with E-state index in [9.17, 15) is 5.11 Å². The number of halogens is 1. The number of benzene rings is 1. The third-order valence-electron chi connectivity index (χ3n) is 3.04. The second kappa shape index (κ2) is 5.06. The second-order valence-electron chi connectivity index (χ2n) is 4.09. The van der Waals surface area contributed by atoms with E-state index in [0.717, 1.165) is 41.7 Å². The number of phenols is 1. The summed E-state index contributed by atoms with van der Waals surface area (Å²) in [5, 5.41) is 13.3. The number of hydrogen-bond acceptors (Lipinski definition) is 3. The van der Waals surface area contributed by atoms with Crippen LogP contribution in [-0.4, -0.2) is 25.3 Å². The fourth-order valence-electron chi connectivity index (χ4n) is 2.16. The lowest BCUT2D eigenvalue weighted by molar-refractivity contribution is 0.399. The van der Waals surface area contributed by atoms with Crippen LogP contribution in [0.4, 0.5) is 0 Å². The molecule has 0 saturated carbocycles. The molecule has 1 aliphatic rings. The molecule has 0 radical (unpaired) electrons. The van der Waals surface area contributed by atoms with Crippen LogP contribution in [-0.2, 0) is 0 Å². The maximum atomic E-state index is 9.95. The van der Waals surface area contributed by atoms with Gasteiger partial charge < -0.3 is 15.2 Å². The van der Waals surface area contributed by atoms with Crippen molar-refractivity contribution in [3.05, 3.63) is 22.2 Å². The van der Waals surface area contributed by atoms with E-state index in [0.29, 0.717) is 11.7 Å². The molecule has 88 valence electrons. The van der Waals surface area contributed by atoms with Crippen molar-refractivity contribution in [2.45, 2.75) is 18.8 Å². The van der Waals surface area contributed by atoms with Gasteiger partial charge in [-0.2, -0.15) is 0 Å². The number of ether oxygens (including phenoxy) is 1. The minimum Gasteiger partial charge on any atom is -0.508 e. The molecule has 0 bridgehead atoms. The predicted molar refractivity (Wildman–Crippen MR) is 67.2 cm³/mol. The van der Waals surface area contributed by atoms with E-state index >= 15 is 0 Å². The second-order valence-corrected chi connectivity index (χ2v) is 4.94. The highest BCUT2D eigenvalue weighted by Crippen LogP contribution is 2.37. The molecule has 4 heteroatoms. The van der Waals surface area contributed by atoms with Crippen LogP contribution in [0.3, 0.4) is 0 Å². The van der Waals surface area contributed by atoms with Gasteiger partial charge in [-0.25, -0.2) is 0 Å². The molecule has 0 aliphatic carbocycles. The molecule has 0 aromatic heterocycles. The van der Waals surface area contributed by atoms with Crippen LogP contribution in [0.25, 0.3) is 0 Å². The molecule has 1 unspecified atom stereocenters. The maximum absolute atomic E-state index is 9.95. The van der Waals surface area contributed by atoms with Gasteiger partial charge in [0.25, 0.3) is 0 Å². The quantitative estimate of drug-likeness (QED) is 0.878. The summed E-state index contributed by atoms with van der Waals surface area (Å²) in [5.74, 6) is 1.51. The lowest BCUT2D eigenvalue weighted by atomic mass is 9.91. The third kappa shape index (κ3) is 2.33. The SMILES string of the molecule is COc1cc(C2CCCNC2)c(O)cc1Br. The van der Waals surface area contributed by atoms with Crippen molar-refractivity contribution < 1.29 is 9.84 Å². The third-order valence-corrected chi connectivity index (χ3v) is 3.66. The number of aromatic hydroxyl groups is 1. The molecule has 0 spiro atoms. The number of methoxy groups -OCH3 is 1. The van der Waals surface area contributed by atoms with E-state index in [1.165, 1.54) is 0 Å². The summed E-state index contributed by atoms with van der Waals surface area (Å²) in [6, 6.07) is 3.64. The highest BCUT2D eigenvalue weighted by atomic mass is 79.9. The molecular weight excluding hydrogens is 270 g/mol. The molecular formula is C12H16BrNO2. The van der Waals surface area contributed by atoms with Gasteiger partial charge >= 0.3 is 0 Å². The monoisotopic (exact) mass is 285 g/mol. The van der Waals surface area contributed by atoms with Crippen LogP contribution in [0.1, 0.15) is 24.3 Å². The molecule has 1 fully saturated rings. The van der Waals surface area contributed by atoms with Crippen molar-refractivity contribution >= 4 is 15.9 Å². The summed E-state index contributed by atoms with van der Waals surface area (Å²) in [6.45, 7) is 2.00.